The summed E-state index contributed by atoms with van der Waals surface area (Å²) in [6, 6.07) is 14.0. The van der Waals surface area contributed by atoms with Crippen LogP contribution in [0.5, 0.6) is 5.75 Å². The second-order valence-electron chi connectivity index (χ2n) is 5.03. The summed E-state index contributed by atoms with van der Waals surface area (Å²) in [5.41, 5.74) is 8.91. The molecule has 1 fully saturated rings. The molecular formula is C17H18BrNO3. The molecule has 2 aromatic rings. The Balaban J connectivity index is 1.79. The molecule has 0 bridgehead atoms. The van der Waals surface area contributed by atoms with Crippen molar-refractivity contribution >= 4 is 15.9 Å². The molecule has 116 valence electrons. The Kier molecular flexibility index (Phi) is 5.10. The van der Waals surface area contributed by atoms with Crippen LogP contribution in [0.2, 0.25) is 0 Å². The molecule has 5 heteroatoms. The molecule has 1 aliphatic heterocycles. The fraction of sp³-hybridized carbons (Fsp3) is 0.294. The molecule has 2 N–H and O–H groups in total. The largest absolute Gasteiger partial charge is 0.488 e. The van der Waals surface area contributed by atoms with E-state index in [1.165, 1.54) is 0 Å². The lowest BCUT2D eigenvalue weighted by atomic mass is 10.1. The fourth-order valence-corrected chi connectivity index (χ4v) is 2.87. The Hall–Kier alpha value is -1.40. The van der Waals surface area contributed by atoms with Crippen LogP contribution in [0.25, 0.3) is 0 Å². The van der Waals surface area contributed by atoms with Crippen LogP contribution in [0, 0.1) is 0 Å². The Morgan fingerprint density at radius 2 is 1.86 bits per heavy atom. The second kappa shape index (κ2) is 7.24. The topological polar surface area (TPSA) is 53.7 Å². The highest BCUT2D eigenvalue weighted by Crippen LogP contribution is 2.35. The first-order chi connectivity index (χ1) is 10.8. The molecule has 1 saturated heterocycles. The van der Waals surface area contributed by atoms with Gasteiger partial charge in [-0.1, -0.05) is 30.3 Å². The molecule has 2 aromatic carbocycles. The maximum atomic E-state index is 5.90. The lowest BCUT2D eigenvalue weighted by molar-refractivity contribution is -0.0447. The highest BCUT2D eigenvalue weighted by atomic mass is 79.9. The van der Waals surface area contributed by atoms with Crippen molar-refractivity contribution in [2.24, 2.45) is 5.73 Å². The summed E-state index contributed by atoms with van der Waals surface area (Å²) in [4.78, 5) is 0. The van der Waals surface area contributed by atoms with Gasteiger partial charge in [-0.3, -0.25) is 0 Å². The van der Waals surface area contributed by atoms with Crippen molar-refractivity contribution in [3.8, 4) is 5.75 Å². The minimum absolute atomic E-state index is 0.335. The van der Waals surface area contributed by atoms with E-state index < -0.39 is 0 Å². The van der Waals surface area contributed by atoms with Gasteiger partial charge in [-0.15, -0.1) is 0 Å². The first-order valence-corrected chi connectivity index (χ1v) is 7.99. The van der Waals surface area contributed by atoms with Crippen molar-refractivity contribution in [1.29, 1.82) is 0 Å². The average molecular weight is 364 g/mol. The lowest BCUT2D eigenvalue weighted by Crippen LogP contribution is -2.08. The van der Waals surface area contributed by atoms with Gasteiger partial charge in [0.25, 0.3) is 0 Å². The zero-order chi connectivity index (χ0) is 15.4. The molecule has 0 aromatic heterocycles. The van der Waals surface area contributed by atoms with Crippen molar-refractivity contribution in [2.75, 3.05) is 13.2 Å². The summed E-state index contributed by atoms with van der Waals surface area (Å²) in [6.07, 6.45) is -0.335. The minimum atomic E-state index is -0.335. The summed E-state index contributed by atoms with van der Waals surface area (Å²) in [7, 11) is 0. The van der Waals surface area contributed by atoms with Gasteiger partial charge in [-0.05, 0) is 39.2 Å². The molecule has 4 nitrogen and oxygen atoms in total. The molecule has 1 heterocycles. The number of hydrogen-bond donors (Lipinski definition) is 1. The molecular weight excluding hydrogens is 346 g/mol. The van der Waals surface area contributed by atoms with Crippen LogP contribution in [-0.4, -0.2) is 13.2 Å². The van der Waals surface area contributed by atoms with Crippen molar-refractivity contribution < 1.29 is 14.2 Å². The van der Waals surface area contributed by atoms with E-state index in [0.717, 1.165) is 26.9 Å². The molecule has 0 aliphatic carbocycles. The number of hydrogen-bond acceptors (Lipinski definition) is 4. The van der Waals surface area contributed by atoms with Gasteiger partial charge in [-0.25, -0.2) is 0 Å². The molecule has 0 amide bonds. The van der Waals surface area contributed by atoms with Gasteiger partial charge < -0.3 is 19.9 Å². The number of rotatable bonds is 5. The Morgan fingerprint density at radius 1 is 1.14 bits per heavy atom. The Bertz CT molecular complexity index is 627. The Morgan fingerprint density at radius 3 is 2.55 bits per heavy atom. The van der Waals surface area contributed by atoms with E-state index in [-0.39, 0.29) is 6.29 Å². The van der Waals surface area contributed by atoms with Crippen LogP contribution in [0.3, 0.4) is 0 Å². The van der Waals surface area contributed by atoms with Gasteiger partial charge in [0.15, 0.2) is 6.29 Å². The minimum Gasteiger partial charge on any atom is -0.488 e. The molecule has 0 saturated carbocycles. The summed E-state index contributed by atoms with van der Waals surface area (Å²) < 4.78 is 17.9. The quantitative estimate of drug-likeness (QED) is 0.882. The van der Waals surface area contributed by atoms with E-state index in [4.69, 9.17) is 19.9 Å². The number of benzene rings is 2. The Labute approximate surface area is 138 Å². The smallest absolute Gasteiger partial charge is 0.184 e. The van der Waals surface area contributed by atoms with Gasteiger partial charge in [-0.2, -0.15) is 0 Å². The second-order valence-corrected chi connectivity index (χ2v) is 5.89. The maximum Gasteiger partial charge on any atom is 0.184 e. The highest BCUT2D eigenvalue weighted by Gasteiger charge is 2.22. The standard InChI is InChI=1S/C17H18BrNO3/c18-15-9-14(17-20-6-7-21-17)13(10-19)8-16(15)22-11-12-4-2-1-3-5-12/h1-5,8-9,17H,6-7,10-11,19H2. The van der Waals surface area contributed by atoms with E-state index in [1.54, 1.807) is 0 Å². The maximum absolute atomic E-state index is 5.90. The molecule has 3 rings (SSSR count). The van der Waals surface area contributed by atoms with Gasteiger partial charge in [0.05, 0.1) is 17.7 Å². The molecule has 1 aliphatic rings. The number of nitrogens with two attached hydrogens (primary N) is 1. The fourth-order valence-electron chi connectivity index (χ4n) is 2.39. The first-order valence-electron chi connectivity index (χ1n) is 7.20. The van der Waals surface area contributed by atoms with Crippen LogP contribution in [-0.2, 0) is 22.6 Å². The van der Waals surface area contributed by atoms with Crippen molar-refractivity contribution in [3.05, 3.63) is 63.6 Å². The molecule has 22 heavy (non-hydrogen) atoms. The zero-order valence-corrected chi connectivity index (χ0v) is 13.7. The van der Waals surface area contributed by atoms with E-state index in [0.29, 0.717) is 26.4 Å². The van der Waals surface area contributed by atoms with E-state index in [1.807, 2.05) is 42.5 Å². The van der Waals surface area contributed by atoms with Gasteiger partial charge in [0.1, 0.15) is 12.4 Å². The SMILES string of the molecule is NCc1cc(OCc2ccccc2)c(Br)cc1C1OCCO1. The van der Waals surface area contributed by atoms with Crippen molar-refractivity contribution in [1.82, 2.24) is 0 Å². The summed E-state index contributed by atoms with van der Waals surface area (Å²) in [6.45, 7) is 2.14. The summed E-state index contributed by atoms with van der Waals surface area (Å²) in [5.74, 6) is 0.769. The molecule has 0 radical (unpaired) electrons. The molecule has 0 atom stereocenters. The van der Waals surface area contributed by atoms with Crippen LogP contribution < -0.4 is 10.5 Å². The van der Waals surface area contributed by atoms with Crippen molar-refractivity contribution in [2.45, 2.75) is 19.4 Å². The van der Waals surface area contributed by atoms with Crippen LogP contribution >= 0.6 is 15.9 Å². The van der Waals surface area contributed by atoms with Crippen molar-refractivity contribution in [3.63, 3.8) is 0 Å². The third-order valence-corrected chi connectivity index (χ3v) is 4.15. The van der Waals surface area contributed by atoms with Crippen LogP contribution in [0.1, 0.15) is 23.0 Å². The number of halogens is 1. The lowest BCUT2D eigenvalue weighted by Gasteiger charge is -2.17. The predicted molar refractivity (Wildman–Crippen MR) is 87.5 cm³/mol. The monoisotopic (exact) mass is 363 g/mol. The van der Waals surface area contributed by atoms with Crippen LogP contribution in [0.15, 0.2) is 46.9 Å². The normalized spacial score (nSPS) is 15.2. The van der Waals surface area contributed by atoms with Gasteiger partial charge in [0.2, 0.25) is 0 Å². The third kappa shape index (κ3) is 3.50. The van der Waals surface area contributed by atoms with E-state index >= 15 is 0 Å². The van der Waals surface area contributed by atoms with Gasteiger partial charge in [0, 0.05) is 12.1 Å². The first kappa shape index (κ1) is 15.5. The number of ether oxygens (including phenoxy) is 3. The van der Waals surface area contributed by atoms with Gasteiger partial charge >= 0.3 is 0 Å². The molecule has 0 spiro atoms. The van der Waals surface area contributed by atoms with E-state index in [2.05, 4.69) is 15.9 Å². The average Bonchev–Trinajstić information content (AvgIpc) is 3.08. The summed E-state index contributed by atoms with van der Waals surface area (Å²) in [5, 5.41) is 0. The predicted octanol–water partition coefficient (Wildman–Crippen LogP) is 3.53. The third-order valence-electron chi connectivity index (χ3n) is 3.53. The van der Waals surface area contributed by atoms with E-state index in [9.17, 15) is 0 Å². The molecule has 0 unspecified atom stereocenters. The van der Waals surface area contributed by atoms with Crippen LogP contribution in [0.4, 0.5) is 0 Å². The zero-order valence-electron chi connectivity index (χ0n) is 12.1. The summed E-state index contributed by atoms with van der Waals surface area (Å²) >= 11 is 3.55. The highest BCUT2D eigenvalue weighted by molar-refractivity contribution is 9.10.